The molecule has 0 bridgehead atoms. The van der Waals surface area contributed by atoms with Gasteiger partial charge in [0.05, 0.1) is 23.0 Å². The lowest BCUT2D eigenvalue weighted by Gasteiger charge is -2.27. The Kier molecular flexibility index (Phi) is 5.58. The van der Waals surface area contributed by atoms with Crippen LogP contribution in [0.3, 0.4) is 0 Å². The molecular weight excluding hydrogens is 467 g/mol. The fourth-order valence-electron chi connectivity index (χ4n) is 3.62. The molecule has 6 nitrogen and oxygen atoms in total. The molecule has 2 aromatic heterocycles. The number of fused-ring (bicyclic) bond motifs is 1. The van der Waals surface area contributed by atoms with Gasteiger partial charge in [0.25, 0.3) is 0 Å². The van der Waals surface area contributed by atoms with Crippen molar-refractivity contribution in [2.75, 3.05) is 0 Å². The van der Waals surface area contributed by atoms with E-state index in [9.17, 15) is 18.0 Å². The maximum atomic E-state index is 14.2. The van der Waals surface area contributed by atoms with Gasteiger partial charge in [0.2, 0.25) is 5.88 Å². The summed E-state index contributed by atoms with van der Waals surface area (Å²) in [4.78, 5) is 18.9. The summed E-state index contributed by atoms with van der Waals surface area (Å²) in [6.45, 7) is 0. The van der Waals surface area contributed by atoms with E-state index in [4.69, 9.17) is 9.57 Å². The van der Waals surface area contributed by atoms with E-state index in [0.29, 0.717) is 10.6 Å². The monoisotopic (exact) mass is 483 g/mol. The first-order valence-electron chi connectivity index (χ1n) is 10.1. The maximum absolute atomic E-state index is 14.2. The average molecular weight is 483 g/mol. The van der Waals surface area contributed by atoms with Crippen molar-refractivity contribution in [3.63, 3.8) is 0 Å². The molecule has 1 atom stereocenters. The topological polar surface area (TPSA) is 56.6 Å². The predicted octanol–water partition coefficient (Wildman–Crippen LogP) is 5.98. The van der Waals surface area contributed by atoms with Crippen molar-refractivity contribution >= 4 is 17.3 Å². The van der Waals surface area contributed by atoms with E-state index in [0.717, 1.165) is 9.75 Å². The summed E-state index contributed by atoms with van der Waals surface area (Å²) < 4.78 is 49.4. The first kappa shape index (κ1) is 21.8. The lowest BCUT2D eigenvalue weighted by atomic mass is 10.0. The molecule has 0 spiro atoms. The third kappa shape index (κ3) is 4.03. The average Bonchev–Trinajstić information content (AvgIpc) is 3.46. The molecule has 3 heterocycles. The molecule has 0 saturated carbocycles. The number of alkyl halides is 3. The highest BCUT2D eigenvalue weighted by molar-refractivity contribution is 7.10. The minimum absolute atomic E-state index is 0.119. The van der Waals surface area contributed by atoms with Gasteiger partial charge in [-0.1, -0.05) is 42.5 Å². The van der Waals surface area contributed by atoms with Crippen LogP contribution >= 0.6 is 11.3 Å². The Morgan fingerprint density at radius 1 is 1.00 bits per heavy atom. The van der Waals surface area contributed by atoms with Crippen molar-refractivity contribution < 1.29 is 27.5 Å². The van der Waals surface area contributed by atoms with E-state index in [2.05, 4.69) is 5.10 Å². The van der Waals surface area contributed by atoms with Crippen molar-refractivity contribution in [3.05, 3.63) is 112 Å². The molecule has 0 amide bonds. The minimum atomic E-state index is -4.79. The Morgan fingerprint density at radius 2 is 1.71 bits per heavy atom. The SMILES string of the molecule is O=C(ON1C=COc2c(c(C(F)(F)F)nn2-c2ccccc2)C1c1cccs1)c1ccccc1. The lowest BCUT2D eigenvalue weighted by molar-refractivity contribution is -0.143. The predicted molar refractivity (Wildman–Crippen MR) is 118 cm³/mol. The second-order valence-electron chi connectivity index (χ2n) is 7.24. The van der Waals surface area contributed by atoms with E-state index >= 15 is 0 Å². The van der Waals surface area contributed by atoms with Crippen LogP contribution in [0.15, 0.2) is 90.6 Å². The molecule has 2 aromatic carbocycles. The number of hydrogen-bond donors (Lipinski definition) is 0. The van der Waals surface area contributed by atoms with Gasteiger partial charge in [0.1, 0.15) is 12.3 Å². The summed E-state index contributed by atoms with van der Waals surface area (Å²) in [7, 11) is 0. The molecule has 34 heavy (non-hydrogen) atoms. The first-order chi connectivity index (χ1) is 16.4. The Hall–Kier alpha value is -4.05. The molecule has 4 aromatic rings. The molecule has 0 radical (unpaired) electrons. The molecule has 0 aliphatic carbocycles. The van der Waals surface area contributed by atoms with Crippen LogP contribution < -0.4 is 4.74 Å². The molecule has 1 unspecified atom stereocenters. The number of benzene rings is 2. The number of carbonyl (C=O) groups excluding carboxylic acids is 1. The van der Waals surface area contributed by atoms with Crippen molar-refractivity contribution in [1.82, 2.24) is 14.8 Å². The Morgan fingerprint density at radius 3 is 2.35 bits per heavy atom. The number of thiophene rings is 1. The van der Waals surface area contributed by atoms with Gasteiger partial charge in [-0.05, 0) is 35.7 Å². The third-order valence-corrected chi connectivity index (χ3v) is 6.00. The van der Waals surface area contributed by atoms with Gasteiger partial charge < -0.3 is 9.57 Å². The Bertz CT molecular complexity index is 1320. The number of hydroxylamine groups is 2. The molecule has 10 heteroatoms. The number of halogens is 3. The number of nitrogens with zero attached hydrogens (tertiary/aromatic N) is 3. The van der Waals surface area contributed by atoms with E-state index in [-0.39, 0.29) is 17.0 Å². The van der Waals surface area contributed by atoms with E-state index in [1.165, 1.54) is 23.8 Å². The zero-order valence-electron chi connectivity index (χ0n) is 17.3. The van der Waals surface area contributed by atoms with E-state index < -0.39 is 23.9 Å². The van der Waals surface area contributed by atoms with E-state index in [1.54, 1.807) is 78.2 Å². The molecule has 172 valence electrons. The molecule has 1 aliphatic heterocycles. The van der Waals surface area contributed by atoms with E-state index in [1.807, 2.05) is 0 Å². The van der Waals surface area contributed by atoms with Crippen LogP contribution in [0.4, 0.5) is 13.2 Å². The fraction of sp³-hybridized carbons (Fsp3) is 0.0833. The molecule has 0 saturated heterocycles. The van der Waals surface area contributed by atoms with Crippen LogP contribution in [0, 0.1) is 0 Å². The number of carbonyl (C=O) groups is 1. The van der Waals surface area contributed by atoms with Crippen LogP contribution in [0.1, 0.15) is 32.5 Å². The molecule has 5 rings (SSSR count). The van der Waals surface area contributed by atoms with Gasteiger partial charge in [0.15, 0.2) is 5.69 Å². The molecular formula is C24H16F3N3O3S. The quantitative estimate of drug-likeness (QED) is 0.358. The molecule has 0 N–H and O–H groups in total. The number of ether oxygens (including phenoxy) is 1. The van der Waals surface area contributed by atoms with Crippen molar-refractivity contribution in [2.45, 2.75) is 12.2 Å². The Labute approximate surface area is 196 Å². The third-order valence-electron chi connectivity index (χ3n) is 5.07. The summed E-state index contributed by atoms with van der Waals surface area (Å²) in [6.07, 6.45) is -2.32. The lowest BCUT2D eigenvalue weighted by Crippen LogP contribution is -2.28. The van der Waals surface area contributed by atoms with Crippen LogP contribution in [0.5, 0.6) is 5.88 Å². The van der Waals surface area contributed by atoms with Crippen LogP contribution in [-0.2, 0) is 11.0 Å². The van der Waals surface area contributed by atoms with Crippen molar-refractivity contribution in [2.24, 2.45) is 0 Å². The normalized spacial score (nSPS) is 15.4. The maximum Gasteiger partial charge on any atom is 0.435 e. The van der Waals surface area contributed by atoms with Crippen LogP contribution in [0.2, 0.25) is 0 Å². The van der Waals surface area contributed by atoms with Crippen molar-refractivity contribution in [3.8, 4) is 11.6 Å². The van der Waals surface area contributed by atoms with Gasteiger partial charge in [-0.3, -0.25) is 0 Å². The number of rotatable bonds is 4. The summed E-state index contributed by atoms with van der Waals surface area (Å²) >= 11 is 1.23. The smallest absolute Gasteiger partial charge is 0.435 e. The summed E-state index contributed by atoms with van der Waals surface area (Å²) in [5, 5.41) is 6.68. The van der Waals surface area contributed by atoms with Crippen molar-refractivity contribution in [1.29, 1.82) is 0 Å². The summed E-state index contributed by atoms with van der Waals surface area (Å²) in [5.74, 6) is -0.842. The number of para-hydroxylation sites is 1. The number of hydrogen-bond acceptors (Lipinski definition) is 6. The fourth-order valence-corrected chi connectivity index (χ4v) is 4.44. The van der Waals surface area contributed by atoms with Gasteiger partial charge >= 0.3 is 12.1 Å². The highest BCUT2D eigenvalue weighted by atomic mass is 32.1. The highest BCUT2D eigenvalue weighted by Gasteiger charge is 2.45. The van der Waals surface area contributed by atoms with Gasteiger partial charge in [-0.25, -0.2) is 4.79 Å². The zero-order chi connectivity index (χ0) is 23.7. The van der Waals surface area contributed by atoms with Gasteiger partial charge in [0, 0.05) is 4.88 Å². The van der Waals surface area contributed by atoms with Gasteiger partial charge in [-0.15, -0.1) is 11.3 Å². The Balaban J connectivity index is 1.67. The zero-order valence-corrected chi connectivity index (χ0v) is 18.2. The van der Waals surface area contributed by atoms with Gasteiger partial charge in [-0.2, -0.15) is 28.0 Å². The highest BCUT2D eigenvalue weighted by Crippen LogP contribution is 2.46. The molecule has 1 aliphatic rings. The second-order valence-corrected chi connectivity index (χ2v) is 8.22. The van der Waals surface area contributed by atoms with Crippen LogP contribution in [-0.4, -0.2) is 20.8 Å². The summed E-state index contributed by atoms with van der Waals surface area (Å²) in [6, 6.07) is 18.8. The first-order valence-corrected chi connectivity index (χ1v) is 11.0. The largest absolute Gasteiger partial charge is 0.445 e. The number of aromatic nitrogens is 2. The standard InChI is InChI=1S/C24H16F3N3O3S/c25-24(26,27)21-19-20(18-12-7-15-34-18)29(33-23(31)16-8-3-1-4-9-16)13-14-32-22(19)30(28-21)17-10-5-2-6-11-17/h1-15,20H. The minimum Gasteiger partial charge on any atom is -0.445 e. The summed E-state index contributed by atoms with van der Waals surface area (Å²) in [5.41, 5.74) is -0.747. The van der Waals surface area contributed by atoms with Crippen LogP contribution in [0.25, 0.3) is 5.69 Å². The second kappa shape index (κ2) is 8.71. The molecule has 0 fully saturated rings.